The Morgan fingerprint density at radius 1 is 1.86 bits per heavy atom. The molecule has 0 N–H and O–H groups in total. The average molecular weight is 151 g/mol. The van der Waals surface area contributed by atoms with Crippen molar-refractivity contribution >= 4 is 35.6 Å². The van der Waals surface area contributed by atoms with Crippen LogP contribution in [-0.4, -0.2) is 4.98 Å². The summed E-state index contributed by atoms with van der Waals surface area (Å²) < 4.78 is 0.602. The topological polar surface area (TPSA) is 12.9 Å². The molecule has 1 radical (unpaired) electrons. The van der Waals surface area contributed by atoms with Crippen molar-refractivity contribution in [3.05, 3.63) is 10.5 Å². The predicted molar refractivity (Wildman–Crippen MR) is 33.0 cm³/mol. The van der Waals surface area contributed by atoms with E-state index in [0.29, 0.717) is 9.49 Å². The molecule has 1 aromatic heterocycles. The largest absolute Gasteiger partial charge is 0.214 e. The number of thiazole rings is 1. The maximum absolute atomic E-state index is 5.39. The minimum absolute atomic E-state index is 0.495. The van der Waals surface area contributed by atoms with Crippen molar-refractivity contribution in [3.8, 4) is 0 Å². The van der Waals surface area contributed by atoms with Gasteiger partial charge in [-0.05, 0) is 12.6 Å². The van der Waals surface area contributed by atoms with E-state index in [4.69, 9.17) is 11.6 Å². The smallest absolute Gasteiger partial charge is 0.182 e. The fourth-order valence-electron chi connectivity index (χ4n) is 0.239. The van der Waals surface area contributed by atoms with Crippen molar-refractivity contribution < 1.29 is 0 Å². The van der Waals surface area contributed by atoms with Crippen molar-refractivity contribution in [1.82, 2.24) is 4.98 Å². The molecule has 7 heavy (non-hydrogen) atoms. The predicted octanol–water partition coefficient (Wildman–Crippen LogP) is 2.35. The molecule has 0 aliphatic carbocycles. The Bertz CT molecular complexity index is 145. The lowest BCUT2D eigenvalue weighted by molar-refractivity contribution is 1.26. The Morgan fingerprint density at radius 2 is 2.57 bits per heavy atom. The van der Waals surface area contributed by atoms with Crippen LogP contribution in [0.1, 0.15) is 0 Å². The minimum atomic E-state index is 0.495. The molecule has 1 heterocycles. The Balaban J connectivity index is 3.04. The second-order valence-corrected chi connectivity index (χ2v) is 2.83. The van der Waals surface area contributed by atoms with Crippen LogP contribution in [0.2, 0.25) is 5.15 Å². The second-order valence-electron chi connectivity index (χ2n) is 0.936. The lowest BCUT2D eigenvalue weighted by Gasteiger charge is -1.66. The lowest BCUT2D eigenvalue weighted by atomic mass is 11.0. The third kappa shape index (κ3) is 1.26. The van der Waals surface area contributed by atoms with Crippen LogP contribution in [0.15, 0.2) is 9.72 Å². The SMILES string of the molecule is [S]c1nc(Cl)cs1. The second kappa shape index (κ2) is 1.94. The highest BCUT2D eigenvalue weighted by atomic mass is 35.5. The molecule has 0 aromatic carbocycles. The summed E-state index contributed by atoms with van der Waals surface area (Å²) in [5, 5.41) is 2.21. The van der Waals surface area contributed by atoms with E-state index in [0.717, 1.165) is 0 Å². The van der Waals surface area contributed by atoms with Gasteiger partial charge < -0.3 is 0 Å². The summed E-state index contributed by atoms with van der Waals surface area (Å²) in [7, 11) is 0. The third-order valence-corrected chi connectivity index (χ3v) is 1.79. The Morgan fingerprint density at radius 3 is 2.71 bits per heavy atom. The zero-order chi connectivity index (χ0) is 5.28. The van der Waals surface area contributed by atoms with E-state index in [1.165, 1.54) is 11.3 Å². The molecule has 0 aliphatic rings. The van der Waals surface area contributed by atoms with E-state index in [1.54, 1.807) is 5.38 Å². The first-order valence-corrected chi connectivity index (χ1v) is 3.23. The Labute approximate surface area is 55.7 Å². The first-order chi connectivity index (χ1) is 3.29. The first-order valence-electron chi connectivity index (χ1n) is 1.57. The van der Waals surface area contributed by atoms with Gasteiger partial charge in [-0.1, -0.05) is 11.6 Å². The van der Waals surface area contributed by atoms with Gasteiger partial charge in [-0.25, -0.2) is 4.98 Å². The van der Waals surface area contributed by atoms with Gasteiger partial charge in [-0.2, -0.15) is 0 Å². The summed E-state index contributed by atoms with van der Waals surface area (Å²) in [4.78, 5) is 3.71. The van der Waals surface area contributed by atoms with E-state index < -0.39 is 0 Å². The molecular formula is C3HClNS2. The molecule has 0 saturated heterocycles. The molecule has 0 spiro atoms. The zero-order valence-corrected chi connectivity index (χ0v) is 5.61. The molecule has 0 amide bonds. The number of hydrogen-bond donors (Lipinski definition) is 0. The normalized spacial score (nSPS) is 9.29. The molecule has 0 saturated carbocycles. The maximum Gasteiger partial charge on any atom is 0.182 e. The minimum Gasteiger partial charge on any atom is -0.214 e. The van der Waals surface area contributed by atoms with Gasteiger partial charge >= 0.3 is 0 Å². The van der Waals surface area contributed by atoms with E-state index >= 15 is 0 Å². The van der Waals surface area contributed by atoms with Gasteiger partial charge in [0.2, 0.25) is 0 Å². The van der Waals surface area contributed by atoms with Crippen molar-refractivity contribution in [2.75, 3.05) is 0 Å². The highest BCUT2D eigenvalue weighted by Gasteiger charge is 1.90. The molecule has 1 nitrogen and oxygen atoms in total. The van der Waals surface area contributed by atoms with Crippen molar-refractivity contribution in [3.63, 3.8) is 0 Å². The van der Waals surface area contributed by atoms with Gasteiger partial charge in [0.1, 0.15) is 5.15 Å². The summed E-state index contributed by atoms with van der Waals surface area (Å²) >= 11 is 11.4. The quantitative estimate of drug-likeness (QED) is 0.553. The van der Waals surface area contributed by atoms with Crippen molar-refractivity contribution in [2.24, 2.45) is 0 Å². The number of rotatable bonds is 0. The monoisotopic (exact) mass is 150 g/mol. The summed E-state index contributed by atoms with van der Waals surface area (Å²) in [6.45, 7) is 0. The van der Waals surface area contributed by atoms with Crippen LogP contribution >= 0.6 is 35.6 Å². The molecule has 4 heteroatoms. The average Bonchev–Trinajstić information content (AvgIpc) is 1.87. The van der Waals surface area contributed by atoms with E-state index in [-0.39, 0.29) is 0 Å². The van der Waals surface area contributed by atoms with Crippen molar-refractivity contribution in [1.29, 1.82) is 0 Å². The van der Waals surface area contributed by atoms with Crippen LogP contribution in [0, 0.1) is 0 Å². The summed E-state index contributed by atoms with van der Waals surface area (Å²) in [5.74, 6) is 0. The molecule has 37 valence electrons. The summed E-state index contributed by atoms with van der Waals surface area (Å²) in [5.41, 5.74) is 0. The molecule has 0 bridgehead atoms. The van der Waals surface area contributed by atoms with Gasteiger partial charge in [0, 0.05) is 5.38 Å². The fraction of sp³-hybridized carbons (Fsp3) is 0. The van der Waals surface area contributed by atoms with Crippen LogP contribution < -0.4 is 0 Å². The van der Waals surface area contributed by atoms with Crippen molar-refractivity contribution in [2.45, 2.75) is 4.34 Å². The maximum atomic E-state index is 5.39. The number of hydrogen-bond acceptors (Lipinski definition) is 2. The lowest BCUT2D eigenvalue weighted by Crippen LogP contribution is -1.56. The molecular weight excluding hydrogens is 150 g/mol. The standard InChI is InChI=1S/C3HClNS2/c4-2-1-7-3(6)5-2/h1H. The van der Waals surface area contributed by atoms with Crippen LogP contribution in [0.25, 0.3) is 0 Å². The molecule has 1 aromatic rings. The van der Waals surface area contributed by atoms with Crippen LogP contribution in [-0.2, 0) is 0 Å². The summed E-state index contributed by atoms with van der Waals surface area (Å²) in [6, 6.07) is 0. The molecule has 1 rings (SSSR count). The number of nitrogens with zero attached hydrogens (tertiary/aromatic N) is 1. The van der Waals surface area contributed by atoms with Gasteiger partial charge in [-0.3, -0.25) is 0 Å². The van der Waals surface area contributed by atoms with E-state index in [9.17, 15) is 0 Å². The van der Waals surface area contributed by atoms with Gasteiger partial charge in [0.15, 0.2) is 4.34 Å². The molecule has 0 fully saturated rings. The number of halogens is 1. The van der Waals surface area contributed by atoms with Gasteiger partial charge in [0.25, 0.3) is 0 Å². The first kappa shape index (κ1) is 5.28. The molecule has 0 aliphatic heterocycles. The highest BCUT2D eigenvalue weighted by molar-refractivity contribution is 7.82. The fourth-order valence-corrected chi connectivity index (χ4v) is 1.20. The Hall–Kier alpha value is 0.140. The van der Waals surface area contributed by atoms with Crippen LogP contribution in [0.3, 0.4) is 0 Å². The highest BCUT2D eigenvalue weighted by Crippen LogP contribution is 2.16. The molecule has 0 unspecified atom stereocenters. The number of aromatic nitrogens is 1. The molecule has 0 atom stereocenters. The van der Waals surface area contributed by atoms with Gasteiger partial charge in [0.05, 0.1) is 0 Å². The van der Waals surface area contributed by atoms with Crippen LogP contribution in [0.4, 0.5) is 0 Å². The third-order valence-electron chi connectivity index (χ3n) is 0.455. The van der Waals surface area contributed by atoms with Crippen LogP contribution in [0.5, 0.6) is 0 Å². The van der Waals surface area contributed by atoms with Gasteiger partial charge in [-0.15, -0.1) is 11.3 Å². The van der Waals surface area contributed by atoms with E-state index in [1.807, 2.05) is 0 Å². The Kier molecular flexibility index (Phi) is 1.46. The summed E-state index contributed by atoms with van der Waals surface area (Å²) in [6.07, 6.45) is 0. The zero-order valence-electron chi connectivity index (χ0n) is 3.22. The van der Waals surface area contributed by atoms with E-state index in [2.05, 4.69) is 17.6 Å².